The van der Waals surface area contributed by atoms with Gasteiger partial charge in [0.25, 0.3) is 5.91 Å². The van der Waals surface area contributed by atoms with Crippen LogP contribution in [0.15, 0.2) is 18.2 Å². The van der Waals surface area contributed by atoms with Gasteiger partial charge in [0.05, 0.1) is 10.7 Å². The second-order valence-corrected chi connectivity index (χ2v) is 4.01. The van der Waals surface area contributed by atoms with Gasteiger partial charge in [-0.05, 0) is 25.1 Å². The first-order valence-electron chi connectivity index (χ1n) is 4.34. The minimum Gasteiger partial charge on any atom is -0.384 e. The summed E-state index contributed by atoms with van der Waals surface area (Å²) in [4.78, 5) is 12.8. The number of carbonyl (C=O) groups excluding carboxylic acids is 1. The van der Waals surface area contributed by atoms with E-state index in [2.05, 4.69) is 0 Å². The maximum absolute atomic E-state index is 11.5. The van der Waals surface area contributed by atoms with E-state index in [1.807, 2.05) is 0 Å². The zero-order valence-electron chi connectivity index (χ0n) is 8.37. The van der Waals surface area contributed by atoms with Crippen molar-refractivity contribution in [2.75, 3.05) is 11.9 Å². The molecule has 1 rings (SSSR count). The van der Waals surface area contributed by atoms with Crippen LogP contribution in [0, 0.1) is 0 Å². The quantitative estimate of drug-likeness (QED) is 0.872. The van der Waals surface area contributed by atoms with Crippen molar-refractivity contribution in [3.63, 3.8) is 0 Å². The highest BCUT2D eigenvalue weighted by atomic mass is 35.5. The van der Waals surface area contributed by atoms with Gasteiger partial charge in [0, 0.05) is 12.1 Å². The van der Waals surface area contributed by atoms with Crippen LogP contribution in [0.4, 0.5) is 5.69 Å². The lowest BCUT2D eigenvalue weighted by molar-refractivity contribution is -0.125. The highest BCUT2D eigenvalue weighted by molar-refractivity contribution is 6.36. The monoisotopic (exact) mass is 247 g/mol. The number of halogens is 2. The number of nitrogens with zero attached hydrogens (tertiary/aromatic N) is 1. The molecule has 0 spiro atoms. The predicted molar refractivity (Wildman–Crippen MR) is 61.6 cm³/mol. The number of anilines is 1. The van der Waals surface area contributed by atoms with Gasteiger partial charge in [-0.2, -0.15) is 0 Å². The second-order valence-electron chi connectivity index (χ2n) is 3.17. The molecule has 0 radical (unpaired) electrons. The Balaban J connectivity index is 3.01. The second kappa shape index (κ2) is 4.84. The molecule has 1 unspecified atom stereocenters. The average molecular weight is 248 g/mol. The summed E-state index contributed by atoms with van der Waals surface area (Å²) in [7, 11) is 1.55. The van der Waals surface area contributed by atoms with Crippen molar-refractivity contribution < 1.29 is 9.90 Å². The molecule has 0 bridgehead atoms. The Morgan fingerprint density at radius 2 is 2.07 bits per heavy atom. The smallest absolute Gasteiger partial charge is 0.255 e. The number of benzene rings is 1. The molecule has 1 amide bonds. The molecule has 3 nitrogen and oxygen atoms in total. The molecule has 0 heterocycles. The van der Waals surface area contributed by atoms with E-state index in [4.69, 9.17) is 28.3 Å². The summed E-state index contributed by atoms with van der Waals surface area (Å²) >= 11 is 11.6. The van der Waals surface area contributed by atoms with Crippen molar-refractivity contribution in [3.05, 3.63) is 28.2 Å². The lowest BCUT2D eigenvalue weighted by Crippen LogP contribution is -2.34. The minimum atomic E-state index is -1.05. The Labute approximate surface area is 98.2 Å². The molecule has 5 heteroatoms. The van der Waals surface area contributed by atoms with Crippen molar-refractivity contribution in [3.8, 4) is 0 Å². The van der Waals surface area contributed by atoms with Gasteiger partial charge in [0.2, 0.25) is 0 Å². The molecule has 0 aromatic heterocycles. The zero-order valence-corrected chi connectivity index (χ0v) is 9.88. The molecule has 0 saturated carbocycles. The molecule has 0 aliphatic heterocycles. The first-order valence-corrected chi connectivity index (χ1v) is 5.09. The Hall–Kier alpha value is -0.770. The summed E-state index contributed by atoms with van der Waals surface area (Å²) in [5.74, 6) is -0.417. The van der Waals surface area contributed by atoms with Crippen molar-refractivity contribution in [1.29, 1.82) is 0 Å². The molecule has 0 aliphatic rings. The maximum atomic E-state index is 11.5. The molecule has 15 heavy (non-hydrogen) atoms. The molecular formula is C10H11Cl2NO2. The summed E-state index contributed by atoms with van der Waals surface area (Å²) < 4.78 is 0. The third-order valence-electron chi connectivity index (χ3n) is 1.96. The van der Waals surface area contributed by atoms with Crippen LogP contribution in [-0.2, 0) is 4.79 Å². The molecule has 82 valence electrons. The Kier molecular flexibility index (Phi) is 3.97. The third kappa shape index (κ3) is 2.84. The maximum Gasteiger partial charge on any atom is 0.255 e. The summed E-state index contributed by atoms with van der Waals surface area (Å²) in [5, 5.41) is 10.0. The highest BCUT2D eigenvalue weighted by Gasteiger charge is 2.18. The SMILES string of the molecule is CC(O)C(=O)N(C)c1ccc(Cl)cc1Cl. The van der Waals surface area contributed by atoms with Crippen molar-refractivity contribution >= 4 is 34.8 Å². The molecule has 0 fully saturated rings. The van der Waals surface area contributed by atoms with Crippen LogP contribution in [0.1, 0.15) is 6.92 Å². The topological polar surface area (TPSA) is 40.5 Å². The van der Waals surface area contributed by atoms with E-state index in [1.54, 1.807) is 25.2 Å². The summed E-state index contributed by atoms with van der Waals surface area (Å²) in [6, 6.07) is 4.81. The van der Waals surface area contributed by atoms with Gasteiger partial charge in [0.15, 0.2) is 0 Å². The van der Waals surface area contributed by atoms with Gasteiger partial charge in [-0.25, -0.2) is 0 Å². The fourth-order valence-electron chi connectivity index (χ4n) is 1.15. The standard InChI is InChI=1S/C10H11Cl2NO2/c1-6(14)10(15)13(2)9-4-3-7(11)5-8(9)12/h3-6,14H,1-2H3. The highest BCUT2D eigenvalue weighted by Crippen LogP contribution is 2.28. The van der Waals surface area contributed by atoms with Gasteiger partial charge >= 0.3 is 0 Å². The molecule has 0 aliphatic carbocycles. The number of rotatable bonds is 2. The number of amides is 1. The minimum absolute atomic E-state index is 0.374. The predicted octanol–water partition coefficient (Wildman–Crippen LogP) is 2.34. The Morgan fingerprint density at radius 3 is 2.53 bits per heavy atom. The summed E-state index contributed by atoms with van der Waals surface area (Å²) in [6.07, 6.45) is -1.05. The average Bonchev–Trinajstić information content (AvgIpc) is 2.15. The van der Waals surface area contributed by atoms with E-state index in [1.165, 1.54) is 11.8 Å². The van der Waals surface area contributed by atoms with Crippen LogP contribution in [-0.4, -0.2) is 24.2 Å². The van der Waals surface area contributed by atoms with Crippen LogP contribution in [0.3, 0.4) is 0 Å². The summed E-state index contributed by atoms with van der Waals surface area (Å²) in [5.41, 5.74) is 0.520. The van der Waals surface area contributed by atoms with E-state index < -0.39 is 12.0 Å². The first-order chi connectivity index (χ1) is 6.93. The first kappa shape index (κ1) is 12.3. The van der Waals surface area contributed by atoms with Crippen LogP contribution < -0.4 is 4.90 Å². The van der Waals surface area contributed by atoms with Gasteiger partial charge < -0.3 is 10.0 Å². The lowest BCUT2D eigenvalue weighted by Gasteiger charge is -2.20. The largest absolute Gasteiger partial charge is 0.384 e. The number of likely N-dealkylation sites (N-methyl/N-ethyl adjacent to an activating group) is 1. The van der Waals surface area contributed by atoms with Crippen molar-refractivity contribution in [1.82, 2.24) is 0 Å². The lowest BCUT2D eigenvalue weighted by atomic mass is 10.2. The van der Waals surface area contributed by atoms with E-state index >= 15 is 0 Å². The molecule has 0 saturated heterocycles. The van der Waals surface area contributed by atoms with Crippen molar-refractivity contribution in [2.24, 2.45) is 0 Å². The number of carbonyl (C=O) groups is 1. The van der Waals surface area contributed by atoms with Crippen molar-refractivity contribution in [2.45, 2.75) is 13.0 Å². The van der Waals surface area contributed by atoms with Gasteiger partial charge in [0.1, 0.15) is 6.10 Å². The fourth-order valence-corrected chi connectivity index (χ4v) is 1.69. The summed E-state index contributed by atoms with van der Waals surface area (Å²) in [6.45, 7) is 1.41. The third-order valence-corrected chi connectivity index (χ3v) is 2.50. The van der Waals surface area contributed by atoms with E-state index in [9.17, 15) is 4.79 Å². The molecule has 1 atom stereocenters. The van der Waals surface area contributed by atoms with E-state index in [0.29, 0.717) is 15.7 Å². The molecule has 1 aromatic rings. The van der Waals surface area contributed by atoms with Crippen LogP contribution in [0.25, 0.3) is 0 Å². The van der Waals surface area contributed by atoms with Gasteiger partial charge in [-0.15, -0.1) is 0 Å². The van der Waals surface area contributed by atoms with Gasteiger partial charge in [-0.1, -0.05) is 23.2 Å². The Morgan fingerprint density at radius 1 is 1.47 bits per heavy atom. The molecular weight excluding hydrogens is 237 g/mol. The molecule has 1 aromatic carbocycles. The number of hydrogen-bond donors (Lipinski definition) is 1. The van der Waals surface area contributed by atoms with Crippen LogP contribution in [0.2, 0.25) is 10.0 Å². The number of aliphatic hydroxyl groups is 1. The number of aliphatic hydroxyl groups excluding tert-OH is 1. The van der Waals surface area contributed by atoms with Crippen LogP contribution in [0.5, 0.6) is 0 Å². The van der Waals surface area contributed by atoms with E-state index in [0.717, 1.165) is 0 Å². The fraction of sp³-hybridized carbons (Fsp3) is 0.300. The number of hydrogen-bond acceptors (Lipinski definition) is 2. The molecule has 1 N–H and O–H groups in total. The van der Waals surface area contributed by atoms with Gasteiger partial charge in [-0.3, -0.25) is 4.79 Å². The zero-order chi connectivity index (χ0) is 11.6. The normalized spacial score (nSPS) is 12.3. The van der Waals surface area contributed by atoms with Crippen LogP contribution >= 0.6 is 23.2 Å². The van der Waals surface area contributed by atoms with E-state index in [-0.39, 0.29) is 0 Å². The Bertz CT molecular complexity index is 380.